The second-order valence-electron chi connectivity index (χ2n) is 10.3. The summed E-state index contributed by atoms with van der Waals surface area (Å²) in [4.78, 5) is 50.3. The Bertz CT molecular complexity index is 1370. The molecule has 202 valence electrons. The van der Waals surface area contributed by atoms with Crippen LogP contribution < -0.4 is 16.1 Å². The van der Waals surface area contributed by atoms with Crippen LogP contribution in [0.2, 0.25) is 5.02 Å². The standard InChI is InChI=1S/C26H32ClN7O3S/c1-33(2)32-23(35)14-4-6-18(29-24(36)21-12-15-10-16(27)5-7-17(15)28-21)20(11-14)30-25(37)26-31-19-8-9-34(3)13-22(19)38-26/h5,7,10,12,14,18,20,28H,4,6,8-9,11,13H2,1-3H3,(H,29,36)(H,30,37)(H,32,35). The molecule has 2 aliphatic rings. The highest BCUT2D eigenvalue weighted by molar-refractivity contribution is 7.13. The van der Waals surface area contributed by atoms with E-state index in [1.165, 1.54) is 11.3 Å². The fraction of sp³-hybridized carbons (Fsp3) is 0.462. The minimum Gasteiger partial charge on any atom is -0.351 e. The van der Waals surface area contributed by atoms with Gasteiger partial charge in [-0.3, -0.25) is 19.8 Å². The van der Waals surface area contributed by atoms with E-state index in [0.717, 1.165) is 41.0 Å². The largest absolute Gasteiger partial charge is 0.351 e. The van der Waals surface area contributed by atoms with Crippen molar-refractivity contribution in [2.24, 2.45) is 5.92 Å². The maximum Gasteiger partial charge on any atom is 0.280 e. The van der Waals surface area contributed by atoms with Crippen LogP contribution in [0.1, 0.15) is 50.1 Å². The Morgan fingerprint density at radius 3 is 2.71 bits per heavy atom. The van der Waals surface area contributed by atoms with E-state index in [-0.39, 0.29) is 29.7 Å². The number of rotatable bonds is 6. The second kappa shape index (κ2) is 11.0. The molecule has 4 N–H and O–H groups in total. The smallest absolute Gasteiger partial charge is 0.280 e. The summed E-state index contributed by atoms with van der Waals surface area (Å²) in [6, 6.07) is 6.38. The molecular weight excluding hydrogens is 526 g/mol. The van der Waals surface area contributed by atoms with Crippen LogP contribution in [0.15, 0.2) is 24.3 Å². The first kappa shape index (κ1) is 26.6. The molecular formula is C26H32ClN7O3S. The lowest BCUT2D eigenvalue weighted by atomic mass is 9.81. The van der Waals surface area contributed by atoms with Crippen LogP contribution in [0.3, 0.4) is 0 Å². The summed E-state index contributed by atoms with van der Waals surface area (Å²) >= 11 is 7.51. The van der Waals surface area contributed by atoms with E-state index >= 15 is 0 Å². The lowest BCUT2D eigenvalue weighted by Gasteiger charge is -2.36. The maximum atomic E-state index is 13.3. The number of H-pyrrole nitrogens is 1. The fourth-order valence-corrected chi connectivity index (χ4v) is 6.45. The number of nitrogens with zero attached hydrogens (tertiary/aromatic N) is 3. The molecule has 1 fully saturated rings. The van der Waals surface area contributed by atoms with Crippen LogP contribution in [0.25, 0.3) is 10.9 Å². The van der Waals surface area contributed by atoms with Gasteiger partial charge in [0.1, 0.15) is 5.69 Å². The topological polar surface area (TPSA) is 122 Å². The van der Waals surface area contributed by atoms with Gasteiger partial charge in [0, 0.05) is 66.4 Å². The Labute approximate surface area is 230 Å². The number of hydrogen-bond acceptors (Lipinski definition) is 7. The van der Waals surface area contributed by atoms with Crippen LogP contribution in [0.4, 0.5) is 0 Å². The van der Waals surface area contributed by atoms with E-state index in [0.29, 0.717) is 35.0 Å². The number of carbonyl (C=O) groups excluding carboxylic acids is 3. The number of benzene rings is 1. The normalized spacial score (nSPS) is 21.8. The molecule has 3 aromatic rings. The van der Waals surface area contributed by atoms with Crippen molar-refractivity contribution in [3.8, 4) is 0 Å². The number of fused-ring (bicyclic) bond motifs is 2. The molecule has 1 aliphatic carbocycles. The number of thiazole rings is 1. The average molecular weight is 558 g/mol. The Kier molecular flexibility index (Phi) is 7.71. The van der Waals surface area contributed by atoms with E-state index < -0.39 is 6.04 Å². The van der Waals surface area contributed by atoms with E-state index in [1.54, 1.807) is 37.3 Å². The van der Waals surface area contributed by atoms with Crippen molar-refractivity contribution in [3.63, 3.8) is 0 Å². The van der Waals surface area contributed by atoms with Crippen molar-refractivity contribution >= 4 is 51.6 Å². The quantitative estimate of drug-likeness (QED) is 0.346. The third-order valence-electron chi connectivity index (χ3n) is 7.13. The summed E-state index contributed by atoms with van der Waals surface area (Å²) in [7, 11) is 5.58. The summed E-state index contributed by atoms with van der Waals surface area (Å²) in [5.74, 6) is -0.931. The number of hydrazine groups is 1. The van der Waals surface area contributed by atoms with E-state index in [4.69, 9.17) is 11.6 Å². The molecule has 1 aromatic carbocycles. The molecule has 1 aliphatic heterocycles. The van der Waals surface area contributed by atoms with Gasteiger partial charge in [0.15, 0.2) is 5.01 Å². The van der Waals surface area contributed by atoms with Gasteiger partial charge in [0.2, 0.25) is 5.91 Å². The van der Waals surface area contributed by atoms with Crippen molar-refractivity contribution in [2.75, 3.05) is 27.7 Å². The van der Waals surface area contributed by atoms with Crippen LogP contribution >= 0.6 is 22.9 Å². The van der Waals surface area contributed by atoms with Crippen LogP contribution in [-0.2, 0) is 17.8 Å². The van der Waals surface area contributed by atoms with Gasteiger partial charge in [-0.1, -0.05) is 11.6 Å². The summed E-state index contributed by atoms with van der Waals surface area (Å²) in [6.45, 7) is 1.70. The first-order valence-electron chi connectivity index (χ1n) is 12.7. The predicted octanol–water partition coefficient (Wildman–Crippen LogP) is 2.56. The molecule has 12 heteroatoms. The summed E-state index contributed by atoms with van der Waals surface area (Å²) in [5, 5.41) is 9.65. The second-order valence-corrected chi connectivity index (χ2v) is 11.9. The lowest BCUT2D eigenvalue weighted by molar-refractivity contribution is -0.130. The van der Waals surface area contributed by atoms with Crippen molar-refractivity contribution in [1.29, 1.82) is 0 Å². The van der Waals surface area contributed by atoms with Crippen molar-refractivity contribution in [2.45, 2.75) is 44.3 Å². The molecule has 3 atom stereocenters. The molecule has 3 heterocycles. The highest BCUT2D eigenvalue weighted by atomic mass is 35.5. The van der Waals surface area contributed by atoms with Crippen LogP contribution in [-0.4, -0.2) is 77.4 Å². The number of aromatic amines is 1. The first-order valence-corrected chi connectivity index (χ1v) is 13.9. The van der Waals surface area contributed by atoms with Gasteiger partial charge >= 0.3 is 0 Å². The fourth-order valence-electron chi connectivity index (χ4n) is 5.18. The number of hydrogen-bond donors (Lipinski definition) is 4. The summed E-state index contributed by atoms with van der Waals surface area (Å²) in [5.41, 5.74) is 5.03. The molecule has 0 radical (unpaired) electrons. The average Bonchev–Trinajstić information content (AvgIpc) is 3.48. The molecule has 3 amide bonds. The molecule has 10 nitrogen and oxygen atoms in total. The zero-order chi connectivity index (χ0) is 27.0. The van der Waals surface area contributed by atoms with Gasteiger partial charge < -0.3 is 20.5 Å². The Morgan fingerprint density at radius 1 is 1.13 bits per heavy atom. The lowest BCUT2D eigenvalue weighted by Crippen LogP contribution is -2.56. The van der Waals surface area contributed by atoms with Gasteiger partial charge in [-0.15, -0.1) is 11.3 Å². The van der Waals surface area contributed by atoms with E-state index in [9.17, 15) is 14.4 Å². The third kappa shape index (κ3) is 5.85. The zero-order valence-corrected chi connectivity index (χ0v) is 23.2. The molecule has 3 unspecified atom stereocenters. The van der Waals surface area contributed by atoms with Crippen LogP contribution in [0, 0.1) is 5.92 Å². The first-order chi connectivity index (χ1) is 18.2. The SMILES string of the molecule is CN1CCc2nc(C(=O)NC3CC(C(=O)NN(C)C)CCC3NC(=O)c3cc4cc(Cl)ccc4[nH]3)sc2C1. The minimum atomic E-state index is -0.430. The van der Waals surface area contributed by atoms with Gasteiger partial charge in [-0.05, 0) is 50.6 Å². The highest BCUT2D eigenvalue weighted by Gasteiger charge is 2.37. The Balaban J connectivity index is 1.33. The summed E-state index contributed by atoms with van der Waals surface area (Å²) in [6.07, 6.45) is 2.37. The molecule has 2 aromatic heterocycles. The van der Waals surface area contributed by atoms with Crippen molar-refractivity contribution in [1.82, 2.24) is 35.9 Å². The summed E-state index contributed by atoms with van der Waals surface area (Å²) < 4.78 is 0. The Hall–Kier alpha value is -2.99. The zero-order valence-electron chi connectivity index (χ0n) is 21.6. The molecule has 0 spiro atoms. The van der Waals surface area contributed by atoms with E-state index in [2.05, 4.69) is 38.0 Å². The molecule has 0 bridgehead atoms. The monoisotopic (exact) mass is 557 g/mol. The van der Waals surface area contributed by atoms with E-state index in [1.807, 2.05) is 6.07 Å². The Morgan fingerprint density at radius 2 is 1.92 bits per heavy atom. The number of nitrogens with one attached hydrogen (secondary N) is 4. The molecule has 1 saturated carbocycles. The number of halogens is 1. The van der Waals surface area contributed by atoms with Gasteiger partial charge in [-0.25, -0.2) is 9.99 Å². The highest BCUT2D eigenvalue weighted by Crippen LogP contribution is 2.28. The third-order valence-corrected chi connectivity index (χ3v) is 8.45. The van der Waals surface area contributed by atoms with Crippen molar-refractivity contribution < 1.29 is 14.4 Å². The van der Waals surface area contributed by atoms with Crippen molar-refractivity contribution in [3.05, 3.63) is 50.6 Å². The van der Waals surface area contributed by atoms with Gasteiger partial charge in [0.25, 0.3) is 11.8 Å². The van der Waals surface area contributed by atoms with Gasteiger partial charge in [-0.2, -0.15) is 0 Å². The maximum absolute atomic E-state index is 13.3. The number of amides is 3. The van der Waals surface area contributed by atoms with Crippen LogP contribution in [0.5, 0.6) is 0 Å². The molecule has 0 saturated heterocycles. The number of likely N-dealkylation sites (N-methyl/N-ethyl adjacent to an activating group) is 1. The minimum absolute atomic E-state index is 0.0979. The number of carbonyl (C=O) groups is 3. The molecule has 5 rings (SSSR count). The molecule has 38 heavy (non-hydrogen) atoms. The van der Waals surface area contributed by atoms with Gasteiger partial charge in [0.05, 0.1) is 11.7 Å². The predicted molar refractivity (Wildman–Crippen MR) is 147 cm³/mol. The number of aromatic nitrogens is 2.